The zero-order valence-corrected chi connectivity index (χ0v) is 14.5. The maximum atomic E-state index is 12.8. The number of benzene rings is 1. The van der Waals surface area contributed by atoms with E-state index in [9.17, 15) is 8.42 Å². The lowest BCUT2D eigenvalue weighted by Gasteiger charge is -2.17. The molecule has 1 aromatic carbocycles. The fourth-order valence-electron chi connectivity index (χ4n) is 2.48. The Morgan fingerprint density at radius 2 is 2.13 bits per heavy atom. The van der Waals surface area contributed by atoms with E-state index in [1.165, 1.54) is 17.4 Å². The minimum absolute atomic E-state index is 0.162. The van der Waals surface area contributed by atoms with E-state index in [1.54, 1.807) is 19.1 Å². The number of thiazole rings is 1. The first kappa shape index (κ1) is 16.1. The van der Waals surface area contributed by atoms with Crippen molar-refractivity contribution in [3.8, 4) is 6.07 Å². The number of aromatic nitrogens is 1. The molecule has 1 aromatic heterocycles. The Hall–Kier alpha value is -1.75. The molecule has 2 aromatic rings. The van der Waals surface area contributed by atoms with Crippen LogP contribution in [0.5, 0.6) is 0 Å². The molecule has 1 N–H and O–H groups in total. The van der Waals surface area contributed by atoms with Crippen LogP contribution in [-0.2, 0) is 10.0 Å². The van der Waals surface area contributed by atoms with Gasteiger partial charge in [-0.25, -0.2) is 18.1 Å². The van der Waals surface area contributed by atoms with E-state index in [2.05, 4.69) is 9.71 Å². The summed E-state index contributed by atoms with van der Waals surface area (Å²) in [6.07, 6.45) is 2.01. The third-order valence-corrected chi connectivity index (χ3v) is 6.51. The van der Waals surface area contributed by atoms with Crippen molar-refractivity contribution < 1.29 is 8.42 Å². The molecule has 1 saturated carbocycles. The molecule has 23 heavy (non-hydrogen) atoms. The number of nitrogens with zero attached hydrogens (tertiary/aromatic N) is 2. The molecular formula is C16H17N3O2S2. The van der Waals surface area contributed by atoms with Gasteiger partial charge in [-0.1, -0.05) is 6.07 Å². The molecule has 0 spiro atoms. The topological polar surface area (TPSA) is 82.9 Å². The van der Waals surface area contributed by atoms with Crippen LogP contribution < -0.4 is 4.72 Å². The molecule has 1 aliphatic carbocycles. The van der Waals surface area contributed by atoms with Gasteiger partial charge < -0.3 is 0 Å². The lowest BCUT2D eigenvalue weighted by molar-refractivity contribution is 0.526. The number of hydrogen-bond acceptors (Lipinski definition) is 5. The molecule has 3 rings (SSSR count). The second-order valence-electron chi connectivity index (χ2n) is 5.86. The Balaban J connectivity index is 1.95. The van der Waals surface area contributed by atoms with Crippen molar-refractivity contribution in [3.63, 3.8) is 0 Å². The van der Waals surface area contributed by atoms with Crippen molar-refractivity contribution >= 4 is 21.4 Å². The molecule has 0 amide bonds. The first-order valence-corrected chi connectivity index (χ1v) is 9.72. The predicted molar refractivity (Wildman–Crippen MR) is 88.5 cm³/mol. The molecule has 1 aliphatic rings. The Morgan fingerprint density at radius 3 is 2.70 bits per heavy atom. The second kappa shape index (κ2) is 6.04. The predicted octanol–water partition coefficient (Wildman–Crippen LogP) is 3.06. The number of sulfonamides is 1. The highest BCUT2D eigenvalue weighted by Crippen LogP contribution is 2.42. The summed E-state index contributed by atoms with van der Waals surface area (Å²) in [6, 6.07) is 6.41. The Kier molecular flexibility index (Phi) is 4.23. The molecule has 1 atom stereocenters. The third-order valence-electron chi connectivity index (χ3n) is 3.89. The molecule has 1 heterocycles. The van der Waals surface area contributed by atoms with E-state index in [-0.39, 0.29) is 10.9 Å². The molecular weight excluding hydrogens is 330 g/mol. The number of rotatable bonds is 5. The van der Waals surface area contributed by atoms with E-state index in [4.69, 9.17) is 5.26 Å². The van der Waals surface area contributed by atoms with Crippen LogP contribution in [0, 0.1) is 31.1 Å². The number of nitrogens with one attached hydrogen (secondary N) is 1. The van der Waals surface area contributed by atoms with Gasteiger partial charge in [-0.3, -0.25) is 0 Å². The van der Waals surface area contributed by atoms with Crippen LogP contribution in [0.4, 0.5) is 0 Å². The van der Waals surface area contributed by atoms with Crippen molar-refractivity contribution in [1.82, 2.24) is 9.71 Å². The summed E-state index contributed by atoms with van der Waals surface area (Å²) in [5.41, 5.74) is 1.86. The van der Waals surface area contributed by atoms with Crippen LogP contribution in [0.3, 0.4) is 0 Å². The first-order valence-electron chi connectivity index (χ1n) is 7.36. The number of nitriles is 1. The standard InChI is InChI=1S/C16H17N3O2S2/c1-10-3-4-12(8-17)7-14(10)23(20,21)19-15(13-5-6-13)16-18-11(2)9-22-16/h3-4,7,9,13,15,19H,5-6H2,1-2H3/t15-/m0/s1. The molecule has 5 nitrogen and oxygen atoms in total. The Morgan fingerprint density at radius 1 is 1.39 bits per heavy atom. The van der Waals surface area contributed by atoms with Crippen molar-refractivity contribution in [2.75, 3.05) is 0 Å². The van der Waals surface area contributed by atoms with E-state index < -0.39 is 10.0 Å². The SMILES string of the molecule is Cc1csc([C@@H](NS(=O)(=O)c2cc(C#N)ccc2C)C2CC2)n1. The highest BCUT2D eigenvalue weighted by Gasteiger charge is 2.37. The van der Waals surface area contributed by atoms with E-state index >= 15 is 0 Å². The van der Waals surface area contributed by atoms with Gasteiger partial charge in [0.15, 0.2) is 0 Å². The second-order valence-corrected chi connectivity index (χ2v) is 8.43. The van der Waals surface area contributed by atoms with Crippen LogP contribution >= 0.6 is 11.3 Å². The smallest absolute Gasteiger partial charge is 0.241 e. The molecule has 0 unspecified atom stereocenters. The molecule has 0 bridgehead atoms. The van der Waals surface area contributed by atoms with Gasteiger partial charge in [0.1, 0.15) is 5.01 Å². The summed E-state index contributed by atoms with van der Waals surface area (Å²) >= 11 is 1.48. The first-order chi connectivity index (χ1) is 10.9. The van der Waals surface area contributed by atoms with Crippen molar-refractivity contribution in [1.29, 1.82) is 5.26 Å². The average molecular weight is 347 g/mol. The van der Waals surface area contributed by atoms with E-state index in [0.717, 1.165) is 23.5 Å². The van der Waals surface area contributed by atoms with Gasteiger partial charge in [-0.2, -0.15) is 5.26 Å². The van der Waals surface area contributed by atoms with Gasteiger partial charge in [0, 0.05) is 11.1 Å². The largest absolute Gasteiger partial charge is 0.245 e. The van der Waals surface area contributed by atoms with Gasteiger partial charge in [-0.05, 0) is 50.3 Å². The average Bonchev–Trinajstić information content (AvgIpc) is 3.26. The van der Waals surface area contributed by atoms with Crippen molar-refractivity contribution in [2.24, 2.45) is 5.92 Å². The van der Waals surface area contributed by atoms with Gasteiger partial charge in [0.2, 0.25) is 10.0 Å². The fraction of sp³-hybridized carbons (Fsp3) is 0.375. The van der Waals surface area contributed by atoms with Crippen LogP contribution in [0.1, 0.15) is 40.7 Å². The zero-order valence-electron chi connectivity index (χ0n) is 12.9. The summed E-state index contributed by atoms with van der Waals surface area (Å²) in [6.45, 7) is 3.63. The highest BCUT2D eigenvalue weighted by molar-refractivity contribution is 7.89. The van der Waals surface area contributed by atoms with Gasteiger partial charge >= 0.3 is 0 Å². The van der Waals surface area contributed by atoms with Crippen LogP contribution in [0.2, 0.25) is 0 Å². The fourth-order valence-corrected chi connectivity index (χ4v) is 5.04. The molecule has 7 heteroatoms. The molecule has 0 saturated heterocycles. The third kappa shape index (κ3) is 3.44. The van der Waals surface area contributed by atoms with Crippen LogP contribution in [0.15, 0.2) is 28.5 Å². The summed E-state index contributed by atoms with van der Waals surface area (Å²) in [5, 5.41) is 11.7. The van der Waals surface area contributed by atoms with E-state index in [0.29, 0.717) is 17.0 Å². The molecule has 1 fully saturated rings. The summed E-state index contributed by atoms with van der Waals surface area (Å²) in [7, 11) is -3.70. The van der Waals surface area contributed by atoms with Crippen molar-refractivity contribution in [3.05, 3.63) is 45.4 Å². The normalized spacial score (nSPS) is 16.0. The van der Waals surface area contributed by atoms with Gasteiger partial charge in [0.25, 0.3) is 0 Å². The lowest BCUT2D eigenvalue weighted by Crippen LogP contribution is -2.30. The van der Waals surface area contributed by atoms with E-state index in [1.807, 2.05) is 18.4 Å². The molecule has 0 radical (unpaired) electrons. The number of aryl methyl sites for hydroxylation is 2. The van der Waals surface area contributed by atoms with Crippen LogP contribution in [0.25, 0.3) is 0 Å². The Labute approximate surface area is 140 Å². The summed E-state index contributed by atoms with van der Waals surface area (Å²) in [5.74, 6) is 0.301. The highest BCUT2D eigenvalue weighted by atomic mass is 32.2. The molecule has 120 valence electrons. The zero-order chi connectivity index (χ0) is 16.6. The van der Waals surface area contributed by atoms with Crippen molar-refractivity contribution in [2.45, 2.75) is 37.6 Å². The number of hydrogen-bond donors (Lipinski definition) is 1. The maximum absolute atomic E-state index is 12.8. The maximum Gasteiger partial charge on any atom is 0.241 e. The quantitative estimate of drug-likeness (QED) is 0.901. The lowest BCUT2D eigenvalue weighted by atomic mass is 10.2. The monoisotopic (exact) mass is 347 g/mol. The summed E-state index contributed by atoms with van der Waals surface area (Å²) in [4.78, 5) is 4.61. The summed E-state index contributed by atoms with van der Waals surface area (Å²) < 4.78 is 28.4. The van der Waals surface area contributed by atoms with Crippen LogP contribution in [-0.4, -0.2) is 13.4 Å². The van der Waals surface area contributed by atoms with Gasteiger partial charge in [-0.15, -0.1) is 11.3 Å². The minimum Gasteiger partial charge on any atom is -0.245 e. The minimum atomic E-state index is -3.70. The molecule has 0 aliphatic heterocycles. The Bertz CT molecular complexity index is 877. The van der Waals surface area contributed by atoms with Gasteiger partial charge in [0.05, 0.1) is 22.6 Å².